The number of carbonyl (C=O) groups is 1. The summed E-state index contributed by atoms with van der Waals surface area (Å²) in [5.41, 5.74) is 0.691. The van der Waals surface area contributed by atoms with Crippen LogP contribution in [0, 0.1) is 12.3 Å². The van der Waals surface area contributed by atoms with Crippen molar-refractivity contribution in [2.24, 2.45) is 0 Å². The van der Waals surface area contributed by atoms with Crippen molar-refractivity contribution in [2.45, 2.75) is 0 Å². The van der Waals surface area contributed by atoms with Gasteiger partial charge in [-0.15, -0.1) is 6.42 Å². The summed E-state index contributed by atoms with van der Waals surface area (Å²) in [7, 11) is 1.27. The van der Waals surface area contributed by atoms with Gasteiger partial charge in [-0.1, -0.05) is 5.92 Å². The third-order valence-corrected chi connectivity index (χ3v) is 1.51. The van der Waals surface area contributed by atoms with E-state index in [1.165, 1.54) is 25.3 Å². The first-order valence-electron chi connectivity index (χ1n) is 3.56. The Morgan fingerprint density at radius 3 is 2.77 bits per heavy atom. The van der Waals surface area contributed by atoms with E-state index in [-0.39, 0.29) is 11.3 Å². The van der Waals surface area contributed by atoms with Crippen LogP contribution in [0.15, 0.2) is 18.2 Å². The Balaban J connectivity index is 3.17. The normalized spacial score (nSPS) is 8.92. The van der Waals surface area contributed by atoms with Crippen molar-refractivity contribution in [1.82, 2.24) is 0 Å². The fraction of sp³-hybridized carbons (Fsp3) is 0.100. The summed E-state index contributed by atoms with van der Waals surface area (Å²) < 4.78 is 4.47. The van der Waals surface area contributed by atoms with Crippen LogP contribution in [-0.4, -0.2) is 18.2 Å². The topological polar surface area (TPSA) is 46.5 Å². The minimum absolute atomic E-state index is 0.0455. The molecule has 0 aromatic heterocycles. The fourth-order valence-corrected chi connectivity index (χ4v) is 0.930. The van der Waals surface area contributed by atoms with E-state index in [2.05, 4.69) is 10.7 Å². The van der Waals surface area contributed by atoms with E-state index < -0.39 is 5.97 Å². The summed E-state index contributed by atoms with van der Waals surface area (Å²) in [6, 6.07) is 4.17. The average molecular weight is 176 g/mol. The molecule has 66 valence electrons. The Kier molecular flexibility index (Phi) is 2.56. The number of terminal acetylenes is 1. The van der Waals surface area contributed by atoms with Crippen LogP contribution in [0.1, 0.15) is 15.9 Å². The summed E-state index contributed by atoms with van der Waals surface area (Å²) >= 11 is 0. The van der Waals surface area contributed by atoms with Gasteiger partial charge in [-0.05, 0) is 18.2 Å². The third-order valence-electron chi connectivity index (χ3n) is 1.51. The number of ether oxygens (including phenoxy) is 1. The van der Waals surface area contributed by atoms with Crippen LogP contribution in [0.3, 0.4) is 0 Å². The molecule has 3 nitrogen and oxygen atoms in total. The van der Waals surface area contributed by atoms with Gasteiger partial charge in [0.2, 0.25) is 0 Å². The predicted octanol–water partition coefficient (Wildman–Crippen LogP) is 1.16. The summed E-state index contributed by atoms with van der Waals surface area (Å²) in [5.74, 6) is 1.75. The van der Waals surface area contributed by atoms with Crippen LogP contribution in [0.5, 0.6) is 5.75 Å². The molecular weight excluding hydrogens is 168 g/mol. The van der Waals surface area contributed by atoms with Gasteiger partial charge in [0, 0.05) is 5.56 Å². The molecule has 0 aliphatic carbocycles. The number of esters is 1. The minimum atomic E-state index is -0.521. The lowest BCUT2D eigenvalue weighted by Gasteiger charge is -2.00. The Morgan fingerprint density at radius 1 is 1.54 bits per heavy atom. The van der Waals surface area contributed by atoms with Crippen LogP contribution in [0.2, 0.25) is 0 Å². The first-order chi connectivity index (χ1) is 6.17. The van der Waals surface area contributed by atoms with Gasteiger partial charge in [-0.3, -0.25) is 0 Å². The number of aromatic hydroxyl groups is 1. The molecule has 0 heterocycles. The maximum Gasteiger partial charge on any atom is 0.338 e. The molecule has 0 atom stereocenters. The summed E-state index contributed by atoms with van der Waals surface area (Å²) in [5, 5.41) is 9.17. The molecule has 0 spiro atoms. The lowest BCUT2D eigenvalue weighted by Crippen LogP contribution is -2.01. The predicted molar refractivity (Wildman–Crippen MR) is 47.4 cm³/mol. The smallest absolute Gasteiger partial charge is 0.338 e. The zero-order valence-electron chi connectivity index (χ0n) is 7.07. The maximum absolute atomic E-state index is 11.0. The lowest BCUT2D eigenvalue weighted by atomic mass is 10.1. The number of benzene rings is 1. The van der Waals surface area contributed by atoms with Crippen LogP contribution in [-0.2, 0) is 4.74 Å². The second-order valence-corrected chi connectivity index (χ2v) is 2.40. The van der Waals surface area contributed by atoms with Gasteiger partial charge >= 0.3 is 5.97 Å². The Labute approximate surface area is 76.0 Å². The quantitative estimate of drug-likeness (QED) is 0.516. The molecule has 1 aromatic rings. The third kappa shape index (κ3) is 2.00. The molecule has 0 saturated carbocycles. The van der Waals surface area contributed by atoms with Gasteiger partial charge < -0.3 is 9.84 Å². The van der Waals surface area contributed by atoms with Crippen molar-refractivity contribution >= 4 is 5.97 Å². The van der Waals surface area contributed by atoms with Gasteiger partial charge in [0.1, 0.15) is 5.75 Å². The van der Waals surface area contributed by atoms with E-state index in [1.807, 2.05) is 0 Å². The molecule has 13 heavy (non-hydrogen) atoms. The second-order valence-electron chi connectivity index (χ2n) is 2.40. The standard InChI is InChI=1S/C10H8O3/c1-3-7-4-8(10(12)13-2)6-9(11)5-7/h1,4-6,11H,2H3. The highest BCUT2D eigenvalue weighted by atomic mass is 16.5. The van der Waals surface area contributed by atoms with Crippen molar-refractivity contribution < 1.29 is 14.6 Å². The van der Waals surface area contributed by atoms with E-state index in [9.17, 15) is 4.79 Å². The van der Waals surface area contributed by atoms with Gasteiger partial charge in [-0.2, -0.15) is 0 Å². The highest BCUT2D eigenvalue weighted by Crippen LogP contribution is 2.15. The first kappa shape index (κ1) is 9.14. The molecule has 0 amide bonds. The van der Waals surface area contributed by atoms with E-state index in [0.29, 0.717) is 5.56 Å². The largest absolute Gasteiger partial charge is 0.508 e. The van der Waals surface area contributed by atoms with E-state index in [1.54, 1.807) is 0 Å². The molecule has 1 rings (SSSR count). The number of hydrogen-bond acceptors (Lipinski definition) is 3. The highest BCUT2D eigenvalue weighted by molar-refractivity contribution is 5.90. The first-order valence-corrected chi connectivity index (χ1v) is 3.56. The fourth-order valence-electron chi connectivity index (χ4n) is 0.930. The molecular formula is C10H8O3. The molecule has 0 aliphatic heterocycles. The molecule has 0 bridgehead atoms. The monoisotopic (exact) mass is 176 g/mol. The van der Waals surface area contributed by atoms with Crippen LogP contribution < -0.4 is 0 Å². The average Bonchev–Trinajstić information content (AvgIpc) is 2.15. The Morgan fingerprint density at radius 2 is 2.23 bits per heavy atom. The minimum Gasteiger partial charge on any atom is -0.508 e. The van der Waals surface area contributed by atoms with Crippen molar-refractivity contribution in [3.63, 3.8) is 0 Å². The Hall–Kier alpha value is -1.95. The molecule has 1 N–H and O–H groups in total. The molecule has 0 saturated heterocycles. The van der Waals surface area contributed by atoms with Crippen molar-refractivity contribution in [2.75, 3.05) is 7.11 Å². The van der Waals surface area contributed by atoms with E-state index in [0.717, 1.165) is 0 Å². The summed E-state index contributed by atoms with van der Waals surface area (Å²) in [6.45, 7) is 0. The molecule has 3 heteroatoms. The molecule has 1 aromatic carbocycles. The van der Waals surface area contributed by atoms with Gasteiger partial charge in [0.25, 0.3) is 0 Å². The highest BCUT2D eigenvalue weighted by Gasteiger charge is 2.07. The molecule has 0 radical (unpaired) electrons. The van der Waals surface area contributed by atoms with E-state index >= 15 is 0 Å². The van der Waals surface area contributed by atoms with E-state index in [4.69, 9.17) is 11.5 Å². The molecule has 0 unspecified atom stereocenters. The van der Waals surface area contributed by atoms with Crippen molar-refractivity contribution in [1.29, 1.82) is 0 Å². The number of methoxy groups -OCH3 is 1. The number of carbonyl (C=O) groups excluding carboxylic acids is 1. The SMILES string of the molecule is C#Cc1cc(O)cc(C(=O)OC)c1. The number of hydrogen-bond donors (Lipinski definition) is 1. The lowest BCUT2D eigenvalue weighted by molar-refractivity contribution is 0.0600. The number of phenolic OH excluding ortho intramolecular Hbond substituents is 1. The van der Waals surface area contributed by atoms with Crippen molar-refractivity contribution in [3.8, 4) is 18.1 Å². The zero-order chi connectivity index (χ0) is 9.84. The summed E-state index contributed by atoms with van der Waals surface area (Å²) in [6.07, 6.45) is 5.12. The Bertz CT molecular complexity index is 374. The zero-order valence-corrected chi connectivity index (χ0v) is 7.07. The summed E-state index contributed by atoms with van der Waals surface area (Å²) in [4.78, 5) is 11.0. The molecule has 0 fully saturated rings. The van der Waals surface area contributed by atoms with Crippen molar-refractivity contribution in [3.05, 3.63) is 29.3 Å². The number of rotatable bonds is 1. The molecule has 0 aliphatic rings. The van der Waals surface area contributed by atoms with Crippen LogP contribution in [0.25, 0.3) is 0 Å². The van der Waals surface area contributed by atoms with Gasteiger partial charge in [0.15, 0.2) is 0 Å². The van der Waals surface area contributed by atoms with Gasteiger partial charge in [-0.25, -0.2) is 4.79 Å². The van der Waals surface area contributed by atoms with Crippen LogP contribution >= 0.6 is 0 Å². The van der Waals surface area contributed by atoms with Gasteiger partial charge in [0.05, 0.1) is 12.7 Å². The second kappa shape index (κ2) is 3.63. The number of phenols is 1. The maximum atomic E-state index is 11.0. The van der Waals surface area contributed by atoms with Crippen LogP contribution in [0.4, 0.5) is 0 Å².